The summed E-state index contributed by atoms with van der Waals surface area (Å²) < 4.78 is 0. The van der Waals surface area contributed by atoms with E-state index in [0.29, 0.717) is 5.38 Å². The molecule has 1 rings (SSSR count). The van der Waals surface area contributed by atoms with Crippen molar-refractivity contribution < 1.29 is 0 Å². The van der Waals surface area contributed by atoms with Crippen LogP contribution >= 0.6 is 23.2 Å². The third-order valence-corrected chi connectivity index (χ3v) is 2.03. The van der Waals surface area contributed by atoms with Gasteiger partial charge in [0.25, 0.3) is 0 Å². The van der Waals surface area contributed by atoms with Crippen molar-refractivity contribution in [1.29, 1.82) is 0 Å². The minimum absolute atomic E-state index is 0.331. The molecular formula is C6H8Cl2. The monoisotopic (exact) mass is 150 g/mol. The van der Waals surface area contributed by atoms with E-state index in [9.17, 15) is 0 Å². The maximum absolute atomic E-state index is 5.78. The Morgan fingerprint density at radius 3 is 2.75 bits per heavy atom. The molecule has 1 aliphatic carbocycles. The normalized spacial score (nSPS) is 29.8. The van der Waals surface area contributed by atoms with Gasteiger partial charge in [-0.15, -0.1) is 11.6 Å². The molecule has 0 aromatic carbocycles. The molecule has 0 amide bonds. The van der Waals surface area contributed by atoms with Crippen LogP contribution in [0.5, 0.6) is 0 Å². The van der Waals surface area contributed by atoms with Crippen molar-refractivity contribution in [3.63, 3.8) is 0 Å². The number of rotatable bonds is 0. The Labute approximate surface area is 59.5 Å². The fraction of sp³-hybridized carbons (Fsp3) is 0.667. The molecule has 0 bridgehead atoms. The zero-order chi connectivity index (χ0) is 5.98. The van der Waals surface area contributed by atoms with Gasteiger partial charge in [0, 0.05) is 10.4 Å². The summed E-state index contributed by atoms with van der Waals surface area (Å²) in [4.78, 5) is 0. The summed E-state index contributed by atoms with van der Waals surface area (Å²) in [6.07, 6.45) is 4.95. The van der Waals surface area contributed by atoms with Crippen molar-refractivity contribution in [1.82, 2.24) is 0 Å². The Hall–Kier alpha value is 0.320. The van der Waals surface area contributed by atoms with Gasteiger partial charge in [-0.25, -0.2) is 0 Å². The van der Waals surface area contributed by atoms with E-state index in [4.69, 9.17) is 23.2 Å². The maximum atomic E-state index is 5.78. The van der Waals surface area contributed by atoms with Gasteiger partial charge in [-0.05, 0) is 19.3 Å². The van der Waals surface area contributed by atoms with Gasteiger partial charge in [0.05, 0.1) is 0 Å². The average molecular weight is 151 g/mol. The lowest BCUT2D eigenvalue weighted by atomic mass is 10.1. The number of halogens is 2. The van der Waals surface area contributed by atoms with Crippen molar-refractivity contribution in [2.24, 2.45) is 0 Å². The van der Waals surface area contributed by atoms with Crippen LogP contribution in [0.25, 0.3) is 0 Å². The van der Waals surface area contributed by atoms with E-state index in [0.717, 1.165) is 24.3 Å². The number of hydrogen-bond acceptors (Lipinski definition) is 0. The summed E-state index contributed by atoms with van der Waals surface area (Å²) >= 11 is 11.5. The lowest BCUT2D eigenvalue weighted by molar-refractivity contribution is 0.731. The van der Waals surface area contributed by atoms with Gasteiger partial charge < -0.3 is 0 Å². The summed E-state index contributed by atoms with van der Waals surface area (Å²) in [6, 6.07) is 0. The molecule has 0 radical (unpaired) electrons. The minimum Gasteiger partial charge on any atom is -0.123 e. The second kappa shape index (κ2) is 2.75. The second-order valence-corrected chi connectivity index (χ2v) is 3.13. The molecule has 1 aliphatic rings. The first kappa shape index (κ1) is 6.44. The van der Waals surface area contributed by atoms with Crippen LogP contribution in [0.1, 0.15) is 19.3 Å². The molecule has 1 atom stereocenters. The van der Waals surface area contributed by atoms with E-state index in [2.05, 4.69) is 0 Å². The van der Waals surface area contributed by atoms with E-state index in [-0.39, 0.29) is 0 Å². The van der Waals surface area contributed by atoms with Crippen LogP contribution in [0.15, 0.2) is 11.1 Å². The van der Waals surface area contributed by atoms with Crippen molar-refractivity contribution in [3.05, 3.63) is 11.1 Å². The third-order valence-electron chi connectivity index (χ3n) is 1.29. The molecule has 0 aromatic rings. The first-order chi connectivity index (χ1) is 3.79. The molecule has 0 saturated carbocycles. The Kier molecular flexibility index (Phi) is 2.21. The van der Waals surface area contributed by atoms with Gasteiger partial charge in [-0.2, -0.15) is 0 Å². The van der Waals surface area contributed by atoms with Crippen LogP contribution in [-0.4, -0.2) is 5.38 Å². The third kappa shape index (κ3) is 1.68. The van der Waals surface area contributed by atoms with Crippen LogP contribution in [0.4, 0.5) is 0 Å². The van der Waals surface area contributed by atoms with Crippen LogP contribution < -0.4 is 0 Å². The highest BCUT2D eigenvalue weighted by atomic mass is 35.5. The van der Waals surface area contributed by atoms with Crippen LogP contribution in [-0.2, 0) is 0 Å². The topological polar surface area (TPSA) is 0 Å². The highest BCUT2D eigenvalue weighted by Gasteiger charge is 2.08. The Balaban J connectivity index is 2.42. The van der Waals surface area contributed by atoms with Gasteiger partial charge in [-0.1, -0.05) is 17.7 Å². The SMILES string of the molecule is ClC1=CCC(Cl)CC1. The van der Waals surface area contributed by atoms with Crippen LogP contribution in [0.2, 0.25) is 0 Å². The second-order valence-electron chi connectivity index (χ2n) is 2.02. The lowest BCUT2D eigenvalue weighted by Crippen LogP contribution is -2.01. The largest absolute Gasteiger partial charge is 0.123 e. The molecule has 0 fully saturated rings. The molecule has 46 valence electrons. The minimum atomic E-state index is 0.331. The maximum Gasteiger partial charge on any atom is 0.0374 e. The molecule has 8 heavy (non-hydrogen) atoms. The van der Waals surface area contributed by atoms with Gasteiger partial charge >= 0.3 is 0 Å². The highest BCUT2D eigenvalue weighted by molar-refractivity contribution is 6.30. The lowest BCUT2D eigenvalue weighted by Gasteiger charge is -2.11. The molecular weight excluding hydrogens is 143 g/mol. The van der Waals surface area contributed by atoms with Crippen LogP contribution in [0, 0.1) is 0 Å². The van der Waals surface area contributed by atoms with Gasteiger partial charge in [0.15, 0.2) is 0 Å². The Morgan fingerprint density at radius 1 is 1.62 bits per heavy atom. The first-order valence-electron chi connectivity index (χ1n) is 2.77. The Bertz CT molecular complexity index is 107. The summed E-state index contributed by atoms with van der Waals surface area (Å²) in [5, 5.41) is 1.31. The Morgan fingerprint density at radius 2 is 2.38 bits per heavy atom. The summed E-state index contributed by atoms with van der Waals surface area (Å²) in [5.74, 6) is 0. The standard InChI is InChI=1S/C6H8Cl2/c7-5-1-2-6(8)4-3-5/h1,6H,2-4H2. The molecule has 0 nitrogen and oxygen atoms in total. The molecule has 0 spiro atoms. The highest BCUT2D eigenvalue weighted by Crippen LogP contribution is 2.23. The predicted molar refractivity (Wildman–Crippen MR) is 37.4 cm³/mol. The van der Waals surface area contributed by atoms with Gasteiger partial charge in [-0.3, -0.25) is 0 Å². The van der Waals surface area contributed by atoms with Gasteiger partial charge in [0.1, 0.15) is 0 Å². The first-order valence-corrected chi connectivity index (χ1v) is 3.59. The van der Waals surface area contributed by atoms with E-state index in [1.165, 1.54) is 0 Å². The molecule has 0 N–H and O–H groups in total. The zero-order valence-electron chi connectivity index (χ0n) is 4.53. The number of alkyl halides is 1. The smallest absolute Gasteiger partial charge is 0.0374 e. The predicted octanol–water partition coefficient (Wildman–Crippen LogP) is 2.90. The van der Waals surface area contributed by atoms with Crippen molar-refractivity contribution in [3.8, 4) is 0 Å². The average Bonchev–Trinajstić information content (AvgIpc) is 1.77. The number of allylic oxidation sites excluding steroid dienone is 2. The van der Waals surface area contributed by atoms with Crippen LogP contribution in [0.3, 0.4) is 0 Å². The molecule has 1 unspecified atom stereocenters. The van der Waals surface area contributed by atoms with E-state index < -0.39 is 0 Å². The zero-order valence-corrected chi connectivity index (χ0v) is 6.04. The van der Waals surface area contributed by atoms with Gasteiger partial charge in [0.2, 0.25) is 0 Å². The molecule has 0 heterocycles. The van der Waals surface area contributed by atoms with Crippen molar-refractivity contribution in [2.75, 3.05) is 0 Å². The fourth-order valence-corrected chi connectivity index (χ4v) is 1.17. The number of hydrogen-bond donors (Lipinski definition) is 0. The van der Waals surface area contributed by atoms with E-state index in [1.54, 1.807) is 0 Å². The molecule has 0 aromatic heterocycles. The molecule has 0 aliphatic heterocycles. The quantitative estimate of drug-likeness (QED) is 0.467. The molecule has 0 saturated heterocycles. The van der Waals surface area contributed by atoms with Crippen molar-refractivity contribution in [2.45, 2.75) is 24.6 Å². The van der Waals surface area contributed by atoms with E-state index >= 15 is 0 Å². The summed E-state index contributed by atoms with van der Waals surface area (Å²) in [6.45, 7) is 0. The van der Waals surface area contributed by atoms with E-state index in [1.807, 2.05) is 6.08 Å². The molecule has 2 heteroatoms. The van der Waals surface area contributed by atoms with Crippen molar-refractivity contribution >= 4 is 23.2 Å². The summed E-state index contributed by atoms with van der Waals surface area (Å²) in [7, 11) is 0. The fourth-order valence-electron chi connectivity index (χ4n) is 0.770. The summed E-state index contributed by atoms with van der Waals surface area (Å²) in [5.41, 5.74) is 0.